The lowest BCUT2D eigenvalue weighted by molar-refractivity contribution is -0.388. The van der Waals surface area contributed by atoms with Crippen LogP contribution < -0.4 is 5.73 Å². The molecule has 0 bridgehead atoms. The van der Waals surface area contributed by atoms with Crippen molar-refractivity contribution in [1.82, 2.24) is 9.97 Å². The zero-order chi connectivity index (χ0) is 9.30. The molecule has 12 heavy (non-hydrogen) atoms. The zero-order valence-corrected chi connectivity index (χ0v) is 7.00. The van der Waals surface area contributed by atoms with Gasteiger partial charge in [-0.1, -0.05) is 11.6 Å². The zero-order valence-electron chi connectivity index (χ0n) is 5.49. The van der Waals surface area contributed by atoms with Crippen LogP contribution in [0.1, 0.15) is 0 Å². The first-order valence-electron chi connectivity index (χ1n) is 2.65. The summed E-state index contributed by atoms with van der Waals surface area (Å²) < 4.78 is 0. The Labute approximate surface area is 76.5 Å². The number of hydrogen-bond acceptors (Lipinski definition) is 5. The summed E-state index contributed by atoms with van der Waals surface area (Å²) in [5.41, 5.74) is 5.13. The first-order valence-corrected chi connectivity index (χ1v) is 3.41. The van der Waals surface area contributed by atoms with E-state index in [0.29, 0.717) is 0 Å². The predicted octanol–water partition coefficient (Wildman–Crippen LogP) is 1.27. The second-order valence-electron chi connectivity index (χ2n) is 1.77. The van der Waals surface area contributed by atoms with Gasteiger partial charge in [0.1, 0.15) is 0 Å². The molecule has 0 atom stereocenters. The maximum absolute atomic E-state index is 10.2. The summed E-state index contributed by atoms with van der Waals surface area (Å²) in [5, 5.41) is 9.82. The van der Waals surface area contributed by atoms with Gasteiger partial charge in [0.05, 0.1) is 0 Å². The van der Waals surface area contributed by atoms with Gasteiger partial charge < -0.3 is 15.8 Å². The van der Waals surface area contributed by atoms with Crippen LogP contribution in [0.15, 0.2) is 0 Å². The van der Waals surface area contributed by atoms with Crippen LogP contribution in [0.2, 0.25) is 10.3 Å². The van der Waals surface area contributed by atoms with Gasteiger partial charge in [-0.05, 0) is 21.5 Å². The summed E-state index contributed by atoms with van der Waals surface area (Å²) in [6, 6.07) is 0. The number of nitrogen functional groups attached to an aromatic ring is 1. The molecule has 1 rings (SSSR count). The van der Waals surface area contributed by atoms with Gasteiger partial charge in [-0.3, -0.25) is 0 Å². The van der Waals surface area contributed by atoms with E-state index in [9.17, 15) is 10.1 Å². The fraction of sp³-hybridized carbons (Fsp3) is 0. The Balaban J connectivity index is 3.33. The number of rotatable bonds is 1. The van der Waals surface area contributed by atoms with Gasteiger partial charge in [-0.15, -0.1) is 0 Å². The Morgan fingerprint density at radius 2 is 1.83 bits per heavy atom. The molecule has 0 amide bonds. The molecule has 0 saturated heterocycles. The highest BCUT2D eigenvalue weighted by Gasteiger charge is 2.19. The van der Waals surface area contributed by atoms with Crippen LogP contribution in [0.3, 0.4) is 0 Å². The number of aromatic nitrogens is 2. The van der Waals surface area contributed by atoms with E-state index in [-0.39, 0.29) is 16.1 Å². The van der Waals surface area contributed by atoms with Crippen molar-refractivity contribution >= 4 is 34.8 Å². The molecule has 6 nitrogen and oxygen atoms in total. The fourth-order valence-electron chi connectivity index (χ4n) is 0.533. The summed E-state index contributed by atoms with van der Waals surface area (Å²) in [6.45, 7) is 0. The second kappa shape index (κ2) is 3.08. The van der Waals surface area contributed by atoms with E-state index >= 15 is 0 Å². The minimum Gasteiger partial charge on any atom is -0.377 e. The molecule has 0 saturated carbocycles. The van der Waals surface area contributed by atoms with Gasteiger partial charge in [0.15, 0.2) is 5.15 Å². The third-order valence-corrected chi connectivity index (χ3v) is 1.62. The van der Waals surface area contributed by atoms with Crippen LogP contribution in [0, 0.1) is 10.1 Å². The van der Waals surface area contributed by atoms with Gasteiger partial charge in [0.25, 0.3) is 5.15 Å². The largest absolute Gasteiger partial charge is 0.408 e. The third kappa shape index (κ3) is 1.54. The van der Waals surface area contributed by atoms with Crippen molar-refractivity contribution in [2.24, 2.45) is 0 Å². The molecular formula is C4H2Cl2N4O2. The van der Waals surface area contributed by atoms with Gasteiger partial charge in [-0.25, -0.2) is 4.98 Å². The Bertz CT molecular complexity index is 342. The summed E-state index contributed by atoms with van der Waals surface area (Å²) in [7, 11) is 0. The fourth-order valence-corrected chi connectivity index (χ4v) is 0.788. The lowest BCUT2D eigenvalue weighted by Crippen LogP contribution is -2.01. The minimum atomic E-state index is -0.787. The Morgan fingerprint density at radius 1 is 1.33 bits per heavy atom. The molecular weight excluding hydrogens is 207 g/mol. The first kappa shape index (κ1) is 8.95. The van der Waals surface area contributed by atoms with Crippen molar-refractivity contribution in [3.05, 3.63) is 20.4 Å². The van der Waals surface area contributed by atoms with E-state index in [1.807, 2.05) is 0 Å². The highest BCUT2D eigenvalue weighted by Crippen LogP contribution is 2.24. The normalized spacial score (nSPS) is 9.83. The van der Waals surface area contributed by atoms with Crippen molar-refractivity contribution in [2.45, 2.75) is 0 Å². The molecule has 0 unspecified atom stereocenters. The van der Waals surface area contributed by atoms with Crippen LogP contribution in [0.25, 0.3) is 0 Å². The van der Waals surface area contributed by atoms with Gasteiger partial charge in [0, 0.05) is 0 Å². The van der Waals surface area contributed by atoms with Crippen molar-refractivity contribution in [3.8, 4) is 0 Å². The third-order valence-electron chi connectivity index (χ3n) is 0.995. The molecule has 8 heteroatoms. The van der Waals surface area contributed by atoms with E-state index in [1.165, 1.54) is 0 Å². The minimum absolute atomic E-state index is 0.153. The number of nitro groups is 1. The maximum Gasteiger partial charge on any atom is 0.408 e. The van der Waals surface area contributed by atoms with Crippen molar-refractivity contribution in [2.75, 3.05) is 5.73 Å². The summed E-state index contributed by atoms with van der Waals surface area (Å²) >= 11 is 10.7. The van der Waals surface area contributed by atoms with Crippen LogP contribution in [0.4, 0.5) is 11.6 Å². The van der Waals surface area contributed by atoms with Gasteiger partial charge >= 0.3 is 5.82 Å². The maximum atomic E-state index is 10.2. The molecule has 2 N–H and O–H groups in total. The standard InChI is InChI=1S/C4H2Cl2N4O2/c5-1-2(6)9-4(10(11)12)3(7)8-1/h(H2,7,8). The van der Waals surface area contributed by atoms with E-state index in [4.69, 9.17) is 28.9 Å². The Hall–Kier alpha value is -1.14. The molecule has 1 heterocycles. The van der Waals surface area contributed by atoms with Crippen LogP contribution >= 0.6 is 23.2 Å². The highest BCUT2D eigenvalue weighted by molar-refractivity contribution is 6.40. The van der Waals surface area contributed by atoms with Gasteiger partial charge in [0.2, 0.25) is 5.82 Å². The molecule has 0 radical (unpaired) electrons. The molecule has 0 aromatic carbocycles. The van der Waals surface area contributed by atoms with Gasteiger partial charge in [-0.2, -0.15) is 0 Å². The number of anilines is 1. The Kier molecular flexibility index (Phi) is 2.30. The van der Waals surface area contributed by atoms with Crippen molar-refractivity contribution in [1.29, 1.82) is 0 Å². The lowest BCUT2D eigenvalue weighted by atomic mass is 10.6. The smallest absolute Gasteiger partial charge is 0.377 e. The highest BCUT2D eigenvalue weighted by atomic mass is 35.5. The topological polar surface area (TPSA) is 94.9 Å². The monoisotopic (exact) mass is 208 g/mol. The number of hydrogen-bond donors (Lipinski definition) is 1. The average molecular weight is 209 g/mol. The average Bonchev–Trinajstić information content (AvgIpc) is 1.96. The molecule has 0 fully saturated rings. The number of nitrogens with zero attached hydrogens (tertiary/aromatic N) is 3. The molecule has 1 aromatic rings. The summed E-state index contributed by atoms with van der Waals surface area (Å²) in [6.07, 6.45) is 0. The van der Waals surface area contributed by atoms with Crippen LogP contribution in [-0.2, 0) is 0 Å². The number of halogens is 2. The summed E-state index contributed by atoms with van der Waals surface area (Å²) in [4.78, 5) is 16.1. The molecule has 64 valence electrons. The van der Waals surface area contributed by atoms with E-state index in [0.717, 1.165) is 0 Å². The molecule has 0 spiro atoms. The Morgan fingerprint density at radius 3 is 2.33 bits per heavy atom. The second-order valence-corrected chi connectivity index (χ2v) is 2.49. The SMILES string of the molecule is Nc1nc(Cl)c(Cl)nc1[N+](=O)[O-]. The molecule has 1 aromatic heterocycles. The van der Waals surface area contributed by atoms with Crippen LogP contribution in [0.5, 0.6) is 0 Å². The molecule has 0 aliphatic carbocycles. The summed E-state index contributed by atoms with van der Waals surface area (Å²) in [5.74, 6) is -0.946. The molecule has 0 aliphatic heterocycles. The molecule has 0 aliphatic rings. The quantitative estimate of drug-likeness (QED) is 0.554. The van der Waals surface area contributed by atoms with E-state index < -0.39 is 10.7 Å². The first-order chi connectivity index (χ1) is 5.52. The van der Waals surface area contributed by atoms with E-state index in [2.05, 4.69) is 9.97 Å². The lowest BCUT2D eigenvalue weighted by Gasteiger charge is -1.95. The van der Waals surface area contributed by atoms with Crippen molar-refractivity contribution < 1.29 is 4.92 Å². The van der Waals surface area contributed by atoms with E-state index in [1.54, 1.807) is 0 Å². The predicted molar refractivity (Wildman–Crippen MR) is 43.1 cm³/mol. The van der Waals surface area contributed by atoms with Crippen LogP contribution in [-0.4, -0.2) is 14.9 Å². The van der Waals surface area contributed by atoms with Crippen molar-refractivity contribution in [3.63, 3.8) is 0 Å². The number of nitrogens with two attached hydrogens (primary N) is 1.